The van der Waals surface area contributed by atoms with Crippen molar-refractivity contribution in [1.82, 2.24) is 5.32 Å². The SMILES string of the molecule is COC(=O)[C@H](CC(C)C)NC(=O)c1ccc(Cc2c(C)cc(C)cc2C)o1. The van der Waals surface area contributed by atoms with Crippen molar-refractivity contribution in [2.24, 2.45) is 5.92 Å². The number of esters is 1. The zero-order chi connectivity index (χ0) is 20.1. The van der Waals surface area contributed by atoms with Gasteiger partial charge in [0.25, 0.3) is 5.91 Å². The Morgan fingerprint density at radius 1 is 1.11 bits per heavy atom. The van der Waals surface area contributed by atoms with Crippen LogP contribution in [0.15, 0.2) is 28.7 Å². The minimum absolute atomic E-state index is 0.199. The highest BCUT2D eigenvalue weighted by Gasteiger charge is 2.24. The summed E-state index contributed by atoms with van der Waals surface area (Å²) in [5.41, 5.74) is 4.84. The molecule has 146 valence electrons. The molecule has 0 saturated heterocycles. The molecule has 1 atom stereocenters. The zero-order valence-electron chi connectivity index (χ0n) is 17.0. The Labute approximate surface area is 161 Å². The Hall–Kier alpha value is -2.56. The van der Waals surface area contributed by atoms with Gasteiger partial charge in [0.15, 0.2) is 5.76 Å². The van der Waals surface area contributed by atoms with Crippen molar-refractivity contribution in [3.63, 3.8) is 0 Å². The van der Waals surface area contributed by atoms with E-state index in [1.54, 1.807) is 6.07 Å². The van der Waals surface area contributed by atoms with Gasteiger partial charge in [-0.3, -0.25) is 4.79 Å². The Morgan fingerprint density at radius 2 is 1.74 bits per heavy atom. The van der Waals surface area contributed by atoms with Gasteiger partial charge in [0.2, 0.25) is 0 Å². The van der Waals surface area contributed by atoms with Gasteiger partial charge in [0.05, 0.1) is 7.11 Å². The maximum atomic E-state index is 12.5. The van der Waals surface area contributed by atoms with E-state index in [4.69, 9.17) is 9.15 Å². The Kier molecular flexibility index (Phi) is 6.83. The molecule has 2 rings (SSSR count). The molecule has 0 aliphatic carbocycles. The summed E-state index contributed by atoms with van der Waals surface area (Å²) in [5, 5.41) is 2.72. The molecule has 1 amide bonds. The molecule has 1 aromatic heterocycles. The van der Waals surface area contributed by atoms with Gasteiger partial charge < -0.3 is 14.5 Å². The number of benzene rings is 1. The lowest BCUT2D eigenvalue weighted by molar-refractivity contribution is -0.143. The van der Waals surface area contributed by atoms with Gasteiger partial charge >= 0.3 is 5.97 Å². The second-order valence-corrected chi connectivity index (χ2v) is 7.50. The number of nitrogens with one attached hydrogen (secondary N) is 1. The number of methoxy groups -OCH3 is 1. The van der Waals surface area contributed by atoms with Crippen LogP contribution in [0.3, 0.4) is 0 Å². The molecular weight excluding hydrogens is 342 g/mol. The molecule has 1 N–H and O–H groups in total. The van der Waals surface area contributed by atoms with Crippen LogP contribution < -0.4 is 5.32 Å². The smallest absolute Gasteiger partial charge is 0.328 e. The molecule has 27 heavy (non-hydrogen) atoms. The third kappa shape index (κ3) is 5.46. The minimum Gasteiger partial charge on any atom is -0.467 e. The number of furan rings is 1. The van der Waals surface area contributed by atoms with Crippen LogP contribution in [-0.2, 0) is 16.0 Å². The highest BCUT2D eigenvalue weighted by molar-refractivity contribution is 5.94. The molecule has 5 heteroatoms. The number of hydrogen-bond acceptors (Lipinski definition) is 4. The van der Waals surface area contributed by atoms with Crippen molar-refractivity contribution in [3.8, 4) is 0 Å². The van der Waals surface area contributed by atoms with Crippen molar-refractivity contribution >= 4 is 11.9 Å². The van der Waals surface area contributed by atoms with E-state index in [0.717, 1.165) is 0 Å². The summed E-state index contributed by atoms with van der Waals surface area (Å²) in [6, 6.07) is 7.06. The molecule has 0 aliphatic heterocycles. The number of carbonyl (C=O) groups is 2. The molecule has 5 nitrogen and oxygen atoms in total. The van der Waals surface area contributed by atoms with Crippen molar-refractivity contribution in [2.45, 2.75) is 53.5 Å². The molecule has 0 unspecified atom stereocenters. The minimum atomic E-state index is -0.683. The van der Waals surface area contributed by atoms with Crippen LogP contribution in [0, 0.1) is 26.7 Å². The molecule has 0 radical (unpaired) electrons. The van der Waals surface area contributed by atoms with Crippen LogP contribution in [-0.4, -0.2) is 25.0 Å². The van der Waals surface area contributed by atoms with E-state index in [1.165, 1.54) is 29.4 Å². The van der Waals surface area contributed by atoms with E-state index < -0.39 is 17.9 Å². The molecule has 0 spiro atoms. The fourth-order valence-electron chi connectivity index (χ4n) is 3.32. The second kappa shape index (κ2) is 8.89. The number of aryl methyl sites for hydroxylation is 3. The van der Waals surface area contributed by atoms with Crippen LogP contribution in [0.1, 0.15) is 58.8 Å². The number of hydrogen-bond donors (Lipinski definition) is 1. The van der Waals surface area contributed by atoms with Crippen LogP contribution in [0.2, 0.25) is 0 Å². The first-order valence-electron chi connectivity index (χ1n) is 9.25. The van der Waals surface area contributed by atoms with E-state index >= 15 is 0 Å². The van der Waals surface area contributed by atoms with Crippen LogP contribution >= 0.6 is 0 Å². The largest absolute Gasteiger partial charge is 0.467 e. The summed E-state index contributed by atoms with van der Waals surface area (Å²) in [4.78, 5) is 24.4. The first-order valence-corrected chi connectivity index (χ1v) is 9.25. The summed E-state index contributed by atoms with van der Waals surface area (Å²) >= 11 is 0. The van der Waals surface area contributed by atoms with E-state index in [2.05, 4.69) is 38.2 Å². The molecule has 2 aromatic rings. The van der Waals surface area contributed by atoms with Crippen molar-refractivity contribution in [1.29, 1.82) is 0 Å². The average Bonchev–Trinajstić information content (AvgIpc) is 3.05. The third-order valence-electron chi connectivity index (χ3n) is 4.57. The summed E-state index contributed by atoms with van der Waals surface area (Å²) in [6.45, 7) is 10.2. The molecule has 0 saturated carbocycles. The Bertz CT molecular complexity index is 796. The normalized spacial score (nSPS) is 12.1. The van der Waals surface area contributed by atoms with Gasteiger partial charge in [-0.1, -0.05) is 31.5 Å². The number of rotatable bonds is 7. The predicted octanol–water partition coefficient (Wildman–Crippen LogP) is 4.11. The number of amides is 1. The molecule has 0 bridgehead atoms. The van der Waals surface area contributed by atoms with Crippen LogP contribution in [0.25, 0.3) is 0 Å². The zero-order valence-corrected chi connectivity index (χ0v) is 17.0. The molecular formula is C22H29NO4. The van der Waals surface area contributed by atoms with Crippen molar-refractivity contribution < 1.29 is 18.7 Å². The van der Waals surface area contributed by atoms with Crippen molar-refractivity contribution in [2.75, 3.05) is 7.11 Å². The summed E-state index contributed by atoms with van der Waals surface area (Å²) in [6.07, 6.45) is 1.13. The summed E-state index contributed by atoms with van der Waals surface area (Å²) in [5.74, 6) is 0.303. The standard InChI is InChI=1S/C22H29NO4/c1-13(2)9-19(22(25)26-6)23-21(24)20-8-7-17(27-20)12-18-15(4)10-14(3)11-16(18)5/h7-8,10-11,13,19H,9,12H2,1-6H3,(H,23,24)/t19-/m0/s1. The van der Waals surface area contributed by atoms with E-state index in [9.17, 15) is 9.59 Å². The predicted molar refractivity (Wildman–Crippen MR) is 105 cm³/mol. The molecule has 0 aliphatic rings. The van der Waals surface area contributed by atoms with Gasteiger partial charge in [-0.15, -0.1) is 0 Å². The Balaban J connectivity index is 2.12. The lowest BCUT2D eigenvalue weighted by atomic mass is 9.97. The van der Waals surface area contributed by atoms with Gasteiger partial charge in [-0.2, -0.15) is 0 Å². The maximum absolute atomic E-state index is 12.5. The van der Waals surface area contributed by atoms with E-state index in [-0.39, 0.29) is 11.7 Å². The quantitative estimate of drug-likeness (QED) is 0.744. The van der Waals surface area contributed by atoms with Crippen molar-refractivity contribution in [3.05, 3.63) is 58.0 Å². The van der Waals surface area contributed by atoms with Gasteiger partial charge in [-0.25, -0.2) is 4.79 Å². The van der Waals surface area contributed by atoms with E-state index in [0.29, 0.717) is 18.6 Å². The summed E-state index contributed by atoms with van der Waals surface area (Å²) in [7, 11) is 1.32. The second-order valence-electron chi connectivity index (χ2n) is 7.50. The lowest BCUT2D eigenvalue weighted by Gasteiger charge is -2.17. The van der Waals surface area contributed by atoms with Gasteiger partial charge in [-0.05, 0) is 61.9 Å². The maximum Gasteiger partial charge on any atom is 0.328 e. The molecule has 1 heterocycles. The topological polar surface area (TPSA) is 68.5 Å². The van der Waals surface area contributed by atoms with Crippen LogP contribution in [0.4, 0.5) is 0 Å². The number of carbonyl (C=O) groups excluding carboxylic acids is 2. The Morgan fingerprint density at radius 3 is 2.30 bits per heavy atom. The van der Waals surface area contributed by atoms with Gasteiger partial charge in [0.1, 0.15) is 11.8 Å². The lowest BCUT2D eigenvalue weighted by Crippen LogP contribution is -2.42. The molecule has 1 aromatic carbocycles. The van der Waals surface area contributed by atoms with Gasteiger partial charge in [0, 0.05) is 6.42 Å². The summed E-state index contributed by atoms with van der Waals surface area (Å²) < 4.78 is 10.5. The monoisotopic (exact) mass is 371 g/mol. The first-order chi connectivity index (χ1) is 12.7. The van der Waals surface area contributed by atoms with Crippen LogP contribution in [0.5, 0.6) is 0 Å². The first kappa shape index (κ1) is 20.7. The number of ether oxygens (including phenoxy) is 1. The average molecular weight is 371 g/mol. The third-order valence-corrected chi connectivity index (χ3v) is 4.57. The van der Waals surface area contributed by atoms with E-state index in [1.807, 2.05) is 19.9 Å². The highest BCUT2D eigenvalue weighted by atomic mass is 16.5. The molecule has 0 fully saturated rings. The fourth-order valence-corrected chi connectivity index (χ4v) is 3.32. The highest BCUT2D eigenvalue weighted by Crippen LogP contribution is 2.21. The fraction of sp³-hybridized carbons (Fsp3) is 0.455.